The van der Waals surface area contributed by atoms with Crippen LogP contribution in [0.4, 0.5) is 5.69 Å². The van der Waals surface area contributed by atoms with Crippen LogP contribution < -0.4 is 14.7 Å². The van der Waals surface area contributed by atoms with Gasteiger partial charge in [0.1, 0.15) is 12.4 Å². The van der Waals surface area contributed by atoms with Crippen molar-refractivity contribution in [2.45, 2.75) is 39.3 Å². The maximum absolute atomic E-state index is 13.8. The summed E-state index contributed by atoms with van der Waals surface area (Å²) in [5, 5.41) is 8.95. The van der Waals surface area contributed by atoms with Gasteiger partial charge in [-0.1, -0.05) is 63.2 Å². The summed E-state index contributed by atoms with van der Waals surface area (Å²) in [6.45, 7) is 6.91. The van der Waals surface area contributed by atoms with Crippen LogP contribution in [-0.2, 0) is 28.5 Å². The standard InChI is InChI=1S/C29H32N4O4S.BrH/c1-29(2,3)22-16-21(17-25-27(22)37-15-14-33(25)38(4,35)36)26(34)19-32-24-13-9-8-12-23(24)31(28(32)30)18-20-10-6-5-7-11-20;/h5-13,16-17,30H,14-15,18-19H2,1-4H3;1H. The topological polar surface area (TPSA) is 97.4 Å². The molecule has 206 valence electrons. The third-order valence-electron chi connectivity index (χ3n) is 6.87. The van der Waals surface area contributed by atoms with E-state index in [1.165, 1.54) is 4.31 Å². The van der Waals surface area contributed by atoms with E-state index in [4.69, 9.17) is 10.1 Å². The smallest absolute Gasteiger partial charge is 0.232 e. The van der Waals surface area contributed by atoms with Crippen LogP contribution in [0, 0.1) is 5.41 Å². The van der Waals surface area contributed by atoms with Gasteiger partial charge in [0.05, 0.1) is 42.6 Å². The van der Waals surface area contributed by atoms with Crippen molar-refractivity contribution in [3.63, 3.8) is 0 Å². The lowest BCUT2D eigenvalue weighted by Gasteiger charge is -2.34. The van der Waals surface area contributed by atoms with Crippen LogP contribution in [0.15, 0.2) is 66.7 Å². The number of nitrogens with zero attached hydrogens (tertiary/aromatic N) is 3. The predicted molar refractivity (Wildman–Crippen MR) is 159 cm³/mol. The maximum atomic E-state index is 13.8. The lowest BCUT2D eigenvalue weighted by molar-refractivity contribution is 0.0971. The predicted octanol–water partition coefficient (Wildman–Crippen LogP) is 4.89. The Morgan fingerprint density at radius 1 is 0.974 bits per heavy atom. The third-order valence-corrected chi connectivity index (χ3v) is 8.05. The van der Waals surface area contributed by atoms with Gasteiger partial charge >= 0.3 is 0 Å². The van der Waals surface area contributed by atoms with Gasteiger partial charge < -0.3 is 13.9 Å². The van der Waals surface area contributed by atoms with E-state index in [1.807, 2.05) is 79.9 Å². The Kier molecular flexibility index (Phi) is 7.82. The van der Waals surface area contributed by atoms with E-state index in [0.29, 0.717) is 23.5 Å². The number of imidazole rings is 1. The first-order valence-electron chi connectivity index (χ1n) is 12.5. The zero-order valence-corrected chi connectivity index (χ0v) is 25.0. The number of hydrogen-bond acceptors (Lipinski definition) is 5. The van der Waals surface area contributed by atoms with E-state index in [0.717, 1.165) is 28.4 Å². The Morgan fingerprint density at radius 3 is 2.21 bits per heavy atom. The number of benzene rings is 3. The molecule has 0 spiro atoms. The summed E-state index contributed by atoms with van der Waals surface area (Å²) >= 11 is 0. The SMILES string of the molecule is Br.CC(C)(C)c1cc(C(=O)Cn2c(=N)n(Cc3ccccc3)c3ccccc32)cc2c1OCCN2S(C)(=O)=O. The Labute approximate surface area is 239 Å². The van der Waals surface area contributed by atoms with Crippen molar-refractivity contribution in [2.75, 3.05) is 23.7 Å². The summed E-state index contributed by atoms with van der Waals surface area (Å²) < 4.78 is 36.0. The molecule has 0 fully saturated rings. The molecule has 0 aliphatic carbocycles. The molecule has 0 bridgehead atoms. The summed E-state index contributed by atoms with van der Waals surface area (Å²) in [7, 11) is -3.56. The van der Waals surface area contributed by atoms with Crippen LogP contribution in [0.2, 0.25) is 0 Å². The van der Waals surface area contributed by atoms with Gasteiger partial charge in [0, 0.05) is 11.1 Å². The molecule has 4 aromatic rings. The van der Waals surface area contributed by atoms with Gasteiger partial charge in [0.25, 0.3) is 0 Å². The lowest BCUT2D eigenvalue weighted by Crippen LogP contribution is -2.38. The first-order valence-corrected chi connectivity index (χ1v) is 14.4. The number of Topliss-reactive ketones (excluding diaryl/α,β-unsaturated/α-hetero) is 1. The minimum atomic E-state index is -3.56. The molecule has 0 saturated heterocycles. The quantitative estimate of drug-likeness (QED) is 0.314. The number of para-hydroxylation sites is 2. The number of rotatable bonds is 6. The molecule has 2 heterocycles. The fourth-order valence-corrected chi connectivity index (χ4v) is 5.88. The molecule has 1 aliphatic rings. The molecule has 0 unspecified atom stereocenters. The van der Waals surface area contributed by atoms with Crippen LogP contribution >= 0.6 is 17.0 Å². The van der Waals surface area contributed by atoms with E-state index in [9.17, 15) is 13.2 Å². The van der Waals surface area contributed by atoms with E-state index in [-0.39, 0.29) is 53.5 Å². The minimum Gasteiger partial charge on any atom is -0.489 e. The van der Waals surface area contributed by atoms with Crippen molar-refractivity contribution in [3.05, 3.63) is 89.0 Å². The number of nitrogens with one attached hydrogen (secondary N) is 1. The summed E-state index contributed by atoms with van der Waals surface area (Å²) in [5.41, 5.74) is 4.10. The number of ether oxygens (including phenoxy) is 1. The lowest BCUT2D eigenvalue weighted by atomic mass is 9.84. The van der Waals surface area contributed by atoms with Gasteiger partial charge in [-0.25, -0.2) is 8.42 Å². The molecule has 0 saturated carbocycles. The molecule has 8 nitrogen and oxygen atoms in total. The van der Waals surface area contributed by atoms with Gasteiger partial charge in [-0.3, -0.25) is 14.5 Å². The average Bonchev–Trinajstić information content (AvgIpc) is 3.13. The van der Waals surface area contributed by atoms with Crippen LogP contribution in [0.1, 0.15) is 42.3 Å². The second-order valence-electron chi connectivity index (χ2n) is 10.7. The zero-order chi connectivity index (χ0) is 27.2. The van der Waals surface area contributed by atoms with Gasteiger partial charge in [-0.2, -0.15) is 0 Å². The number of hydrogen-bond donors (Lipinski definition) is 1. The summed E-state index contributed by atoms with van der Waals surface area (Å²) in [6, 6.07) is 21.0. The number of ketones is 1. The molecule has 0 atom stereocenters. The molecule has 3 aromatic carbocycles. The molecule has 1 N–H and O–H groups in total. The molecular formula is C29H33BrN4O4S. The summed E-state index contributed by atoms with van der Waals surface area (Å²) in [5.74, 6) is 0.289. The van der Waals surface area contributed by atoms with Gasteiger partial charge in [0.15, 0.2) is 5.78 Å². The van der Waals surface area contributed by atoms with Crippen molar-refractivity contribution >= 4 is 49.5 Å². The van der Waals surface area contributed by atoms with Crippen molar-refractivity contribution in [1.29, 1.82) is 5.41 Å². The van der Waals surface area contributed by atoms with Crippen LogP contribution in [0.25, 0.3) is 11.0 Å². The number of aromatic nitrogens is 2. The second-order valence-corrected chi connectivity index (χ2v) is 12.6. The van der Waals surface area contributed by atoms with E-state index in [2.05, 4.69) is 0 Å². The van der Waals surface area contributed by atoms with Crippen molar-refractivity contribution in [1.82, 2.24) is 9.13 Å². The highest BCUT2D eigenvalue weighted by molar-refractivity contribution is 8.93. The number of fused-ring (bicyclic) bond motifs is 2. The number of carbonyl (C=O) groups excluding carboxylic acids is 1. The van der Waals surface area contributed by atoms with Crippen LogP contribution in [0.5, 0.6) is 5.75 Å². The normalized spacial score (nSPS) is 13.5. The molecule has 0 radical (unpaired) electrons. The van der Waals surface area contributed by atoms with Crippen molar-refractivity contribution < 1.29 is 17.9 Å². The van der Waals surface area contributed by atoms with Crippen molar-refractivity contribution in [3.8, 4) is 5.75 Å². The summed E-state index contributed by atoms with van der Waals surface area (Å²) in [6.07, 6.45) is 1.16. The molecular weight excluding hydrogens is 580 g/mol. The largest absolute Gasteiger partial charge is 0.489 e. The van der Waals surface area contributed by atoms with Crippen LogP contribution in [0.3, 0.4) is 0 Å². The highest BCUT2D eigenvalue weighted by Crippen LogP contribution is 2.43. The molecule has 1 aromatic heterocycles. The van der Waals surface area contributed by atoms with E-state index < -0.39 is 10.0 Å². The van der Waals surface area contributed by atoms with Gasteiger partial charge in [-0.15, -0.1) is 17.0 Å². The molecule has 1 aliphatic heterocycles. The Balaban J connectivity index is 0.00000353. The highest BCUT2D eigenvalue weighted by atomic mass is 79.9. The number of anilines is 1. The second kappa shape index (κ2) is 10.7. The Hall–Kier alpha value is -3.37. The van der Waals surface area contributed by atoms with Crippen molar-refractivity contribution in [2.24, 2.45) is 0 Å². The van der Waals surface area contributed by atoms with E-state index in [1.54, 1.807) is 16.7 Å². The number of sulfonamides is 1. The van der Waals surface area contributed by atoms with Crippen LogP contribution in [-0.4, -0.2) is 42.7 Å². The van der Waals surface area contributed by atoms with Gasteiger partial charge in [-0.05, 0) is 35.2 Å². The number of carbonyl (C=O) groups is 1. The Morgan fingerprint density at radius 2 is 1.59 bits per heavy atom. The summed E-state index contributed by atoms with van der Waals surface area (Å²) in [4.78, 5) is 13.8. The minimum absolute atomic E-state index is 0. The molecule has 39 heavy (non-hydrogen) atoms. The monoisotopic (exact) mass is 612 g/mol. The third kappa shape index (κ3) is 5.53. The maximum Gasteiger partial charge on any atom is 0.232 e. The number of halogens is 1. The van der Waals surface area contributed by atoms with E-state index >= 15 is 0 Å². The first kappa shape index (κ1) is 28.6. The first-order chi connectivity index (χ1) is 17.9. The molecule has 0 amide bonds. The van der Waals surface area contributed by atoms with Gasteiger partial charge in [0.2, 0.25) is 15.6 Å². The molecule has 5 rings (SSSR count). The Bertz CT molecular complexity index is 1700. The average molecular weight is 614 g/mol. The highest BCUT2D eigenvalue weighted by Gasteiger charge is 2.32. The fourth-order valence-electron chi connectivity index (χ4n) is 4.98. The fraction of sp³-hybridized carbons (Fsp3) is 0.310. The molecule has 10 heteroatoms. The zero-order valence-electron chi connectivity index (χ0n) is 22.5.